The van der Waals surface area contributed by atoms with E-state index in [1.54, 1.807) is 36.4 Å². The molecule has 3 saturated heterocycles. The molecule has 8 nitrogen and oxygen atoms in total. The van der Waals surface area contributed by atoms with Crippen LogP contribution in [0.4, 0.5) is 5.69 Å². The smallest absolute Gasteiger partial charge is 0.312 e. The summed E-state index contributed by atoms with van der Waals surface area (Å²) in [6, 6.07) is 5.21. The van der Waals surface area contributed by atoms with Crippen LogP contribution in [-0.4, -0.2) is 76.2 Å². The first-order valence-electron chi connectivity index (χ1n) is 13.3. The third kappa shape index (κ3) is 5.07. The highest BCUT2D eigenvalue weighted by molar-refractivity contribution is 9.09. The van der Waals surface area contributed by atoms with Gasteiger partial charge in [0.1, 0.15) is 11.6 Å². The van der Waals surface area contributed by atoms with Crippen molar-refractivity contribution in [3.63, 3.8) is 0 Å². The number of unbranched alkanes of at least 4 members (excludes halogenated alkanes) is 1. The lowest BCUT2D eigenvalue weighted by molar-refractivity contribution is -0.156. The third-order valence-corrected chi connectivity index (χ3v) is 9.23. The molecule has 3 heterocycles. The van der Waals surface area contributed by atoms with E-state index in [0.29, 0.717) is 30.0 Å². The van der Waals surface area contributed by atoms with E-state index in [1.165, 1.54) is 9.80 Å². The number of alkyl halides is 1. The molecule has 1 spiro atoms. The fourth-order valence-corrected chi connectivity index (χ4v) is 7.53. The number of aliphatic hydroxyl groups excluding tert-OH is 1. The number of anilines is 1. The lowest BCUT2D eigenvalue weighted by atomic mass is 9.70. The van der Waals surface area contributed by atoms with Crippen molar-refractivity contribution in [1.29, 1.82) is 0 Å². The van der Waals surface area contributed by atoms with Crippen LogP contribution in [0.3, 0.4) is 0 Å². The zero-order valence-electron chi connectivity index (χ0n) is 22.3. The molecule has 2 amide bonds. The molecule has 10 heteroatoms. The molecule has 4 rings (SSSR count). The maximum absolute atomic E-state index is 14.6. The molecule has 3 fully saturated rings. The van der Waals surface area contributed by atoms with Crippen LogP contribution < -0.4 is 4.90 Å². The number of rotatable bonds is 12. The fourth-order valence-electron chi connectivity index (χ4n) is 6.34. The number of hydrogen-bond donors (Lipinski definition) is 1. The minimum absolute atomic E-state index is 0.142. The summed E-state index contributed by atoms with van der Waals surface area (Å²) < 4.78 is 12.1. The molecule has 2 bridgehead atoms. The van der Waals surface area contributed by atoms with Crippen LogP contribution >= 0.6 is 27.5 Å². The Bertz CT molecular complexity index is 1130. The van der Waals surface area contributed by atoms with Crippen LogP contribution in [0.15, 0.2) is 49.6 Å². The number of benzene rings is 1. The van der Waals surface area contributed by atoms with E-state index in [0.717, 1.165) is 0 Å². The number of ether oxygens (including phenoxy) is 2. The molecule has 39 heavy (non-hydrogen) atoms. The Balaban J connectivity index is 1.80. The Labute approximate surface area is 243 Å². The van der Waals surface area contributed by atoms with E-state index in [9.17, 15) is 19.5 Å². The van der Waals surface area contributed by atoms with Crippen molar-refractivity contribution in [2.24, 2.45) is 17.8 Å². The van der Waals surface area contributed by atoms with Crippen molar-refractivity contribution in [1.82, 2.24) is 4.90 Å². The van der Waals surface area contributed by atoms with Gasteiger partial charge in [0.25, 0.3) is 5.91 Å². The number of allylic oxidation sites excluding steroid dienone is 1. The van der Waals surface area contributed by atoms with E-state index in [1.807, 2.05) is 13.8 Å². The number of halogens is 2. The second-order valence-corrected chi connectivity index (χ2v) is 12.3. The Morgan fingerprint density at radius 2 is 2.05 bits per heavy atom. The van der Waals surface area contributed by atoms with Gasteiger partial charge in [0.15, 0.2) is 0 Å². The summed E-state index contributed by atoms with van der Waals surface area (Å²) in [5, 5.41) is 10.8. The molecule has 0 aromatic heterocycles. The first-order chi connectivity index (χ1) is 18.6. The summed E-state index contributed by atoms with van der Waals surface area (Å²) in [6.07, 6.45) is 4.39. The zero-order chi connectivity index (χ0) is 28.5. The molecule has 0 radical (unpaired) electrons. The van der Waals surface area contributed by atoms with Gasteiger partial charge in [-0.3, -0.25) is 14.4 Å². The number of aliphatic hydroxyl groups is 1. The highest BCUT2D eigenvalue weighted by Gasteiger charge is 2.77. The van der Waals surface area contributed by atoms with Gasteiger partial charge in [-0.25, -0.2) is 0 Å². The molecule has 3 aliphatic rings. The number of para-hydroxylation sites is 1. The standard InChI is InChI=1S/C29H36BrClN2O6/c1-5-7-10-14-38-28(37)22-23-26(35)33(21(16-34)17(3)4)25(29(23)15-18(30)24(22)39-29)27(36)32(13-6-2)20-12-9-8-11-19(20)31/h5-6,8-9,11-12,17-18,21-25,34H,1-2,7,10,13-16H2,3-4H3/t18?,21-,22-,23-,24-,25?,29?/m0/s1. The first kappa shape index (κ1) is 29.8. The van der Waals surface area contributed by atoms with Gasteiger partial charge in [0, 0.05) is 11.4 Å². The van der Waals surface area contributed by atoms with Crippen LogP contribution in [0.25, 0.3) is 0 Å². The largest absolute Gasteiger partial charge is 0.465 e. The number of fused-ring (bicyclic) bond motifs is 1. The predicted molar refractivity (Wildman–Crippen MR) is 153 cm³/mol. The van der Waals surface area contributed by atoms with E-state index in [2.05, 4.69) is 29.1 Å². The van der Waals surface area contributed by atoms with Crippen LogP contribution in [0, 0.1) is 17.8 Å². The van der Waals surface area contributed by atoms with Crippen molar-refractivity contribution in [3.8, 4) is 0 Å². The third-order valence-electron chi connectivity index (χ3n) is 8.06. The summed E-state index contributed by atoms with van der Waals surface area (Å²) in [7, 11) is 0. The quantitative estimate of drug-likeness (QED) is 0.163. The Kier molecular flexibility index (Phi) is 9.26. The van der Waals surface area contributed by atoms with E-state index in [4.69, 9.17) is 21.1 Å². The van der Waals surface area contributed by atoms with Gasteiger partial charge in [-0.15, -0.1) is 13.2 Å². The molecule has 0 saturated carbocycles. The van der Waals surface area contributed by atoms with Gasteiger partial charge in [0.05, 0.1) is 47.9 Å². The molecule has 1 aromatic rings. The first-order valence-corrected chi connectivity index (χ1v) is 14.6. The second-order valence-electron chi connectivity index (χ2n) is 10.7. The predicted octanol–water partition coefficient (Wildman–Crippen LogP) is 4.13. The second kappa shape index (κ2) is 12.1. The number of hydrogen-bond acceptors (Lipinski definition) is 6. The van der Waals surface area contributed by atoms with Gasteiger partial charge in [-0.1, -0.05) is 65.7 Å². The van der Waals surface area contributed by atoms with Gasteiger partial charge >= 0.3 is 5.97 Å². The number of likely N-dealkylation sites (tertiary alicyclic amines) is 1. The number of nitrogens with zero attached hydrogens (tertiary/aromatic N) is 2. The molecular formula is C29H36BrClN2O6. The van der Waals surface area contributed by atoms with Crippen LogP contribution in [0.5, 0.6) is 0 Å². The summed E-state index contributed by atoms with van der Waals surface area (Å²) in [5.41, 5.74) is -0.802. The maximum atomic E-state index is 14.6. The molecule has 1 aromatic carbocycles. The molecule has 1 N–H and O–H groups in total. The minimum atomic E-state index is -1.28. The number of esters is 1. The Hall–Kier alpha value is -2.20. The number of carbonyl (C=O) groups excluding carboxylic acids is 3. The highest BCUT2D eigenvalue weighted by atomic mass is 79.9. The average molecular weight is 624 g/mol. The molecule has 7 atom stereocenters. The molecule has 212 valence electrons. The van der Waals surface area contributed by atoms with Gasteiger partial charge in [-0.2, -0.15) is 0 Å². The van der Waals surface area contributed by atoms with E-state index >= 15 is 0 Å². The molecule has 0 aliphatic carbocycles. The number of amides is 2. The highest BCUT2D eigenvalue weighted by Crippen LogP contribution is 2.61. The van der Waals surface area contributed by atoms with Gasteiger partial charge in [-0.05, 0) is 37.3 Å². The fraction of sp³-hybridized carbons (Fsp3) is 0.552. The Morgan fingerprint density at radius 3 is 2.67 bits per heavy atom. The maximum Gasteiger partial charge on any atom is 0.312 e. The monoisotopic (exact) mass is 622 g/mol. The van der Waals surface area contributed by atoms with E-state index in [-0.39, 0.29) is 36.4 Å². The normalized spacial score (nSPS) is 29.8. The molecular weight excluding hydrogens is 588 g/mol. The van der Waals surface area contributed by atoms with Crippen molar-refractivity contribution in [2.75, 3.05) is 24.7 Å². The van der Waals surface area contributed by atoms with Crippen molar-refractivity contribution < 1.29 is 29.0 Å². The van der Waals surface area contributed by atoms with Crippen LogP contribution in [0.2, 0.25) is 5.02 Å². The van der Waals surface area contributed by atoms with E-state index < -0.39 is 47.5 Å². The summed E-state index contributed by atoms with van der Waals surface area (Å²) in [5.74, 6) is -3.26. The molecule has 3 aliphatic heterocycles. The van der Waals surface area contributed by atoms with Gasteiger partial charge < -0.3 is 24.4 Å². The SMILES string of the molecule is C=CCCCOC(=O)[C@H]1[C@H]2C(=O)N([C@@H](CO)C(C)C)C(C(=O)N(CC=C)c3ccccc3Cl)C23CC(Br)[C@@H]1O3. The van der Waals surface area contributed by atoms with Crippen LogP contribution in [-0.2, 0) is 23.9 Å². The topological polar surface area (TPSA) is 96.4 Å². The lowest BCUT2D eigenvalue weighted by Gasteiger charge is -2.40. The summed E-state index contributed by atoms with van der Waals surface area (Å²) >= 11 is 10.2. The zero-order valence-corrected chi connectivity index (χ0v) is 24.6. The van der Waals surface area contributed by atoms with Crippen molar-refractivity contribution in [2.45, 2.75) is 61.7 Å². The lowest BCUT2D eigenvalue weighted by Crippen LogP contribution is -2.60. The Morgan fingerprint density at radius 1 is 1.33 bits per heavy atom. The average Bonchev–Trinajstić information content (AvgIpc) is 3.49. The summed E-state index contributed by atoms with van der Waals surface area (Å²) in [4.78, 5) is 44.9. The number of carbonyl (C=O) groups is 3. The van der Waals surface area contributed by atoms with Crippen LogP contribution in [0.1, 0.15) is 33.1 Å². The van der Waals surface area contributed by atoms with Crippen molar-refractivity contribution >= 4 is 51.0 Å². The molecule has 3 unspecified atom stereocenters. The van der Waals surface area contributed by atoms with Gasteiger partial charge in [0.2, 0.25) is 5.91 Å². The van der Waals surface area contributed by atoms with Crippen molar-refractivity contribution in [3.05, 3.63) is 54.6 Å². The minimum Gasteiger partial charge on any atom is -0.465 e. The summed E-state index contributed by atoms with van der Waals surface area (Å²) in [6.45, 7) is 11.3.